The highest BCUT2D eigenvalue weighted by Crippen LogP contribution is 2.16. The van der Waals surface area contributed by atoms with Gasteiger partial charge in [0, 0.05) is 12.7 Å². The zero-order valence-corrected chi connectivity index (χ0v) is 11.8. The van der Waals surface area contributed by atoms with Crippen LogP contribution in [0.3, 0.4) is 0 Å². The highest BCUT2D eigenvalue weighted by Gasteiger charge is 2.23. The van der Waals surface area contributed by atoms with Gasteiger partial charge in [-0.2, -0.15) is 0 Å². The molecular formula is C16H19N3O. The van der Waals surface area contributed by atoms with Crippen LogP contribution in [0.15, 0.2) is 54.7 Å². The Bertz CT molecular complexity index is 552. The molecule has 4 nitrogen and oxygen atoms in total. The summed E-state index contributed by atoms with van der Waals surface area (Å²) >= 11 is 0. The van der Waals surface area contributed by atoms with Crippen molar-refractivity contribution >= 4 is 6.03 Å². The third-order valence-corrected chi connectivity index (χ3v) is 3.03. The molecule has 4 heteroatoms. The number of pyridine rings is 1. The van der Waals surface area contributed by atoms with Gasteiger partial charge in [0.1, 0.15) is 0 Å². The number of hydrogen-bond acceptors (Lipinski definition) is 2. The van der Waals surface area contributed by atoms with Crippen molar-refractivity contribution in [1.29, 1.82) is 0 Å². The number of carbonyl (C=O) groups excluding carboxylic acids is 1. The Hall–Kier alpha value is -2.36. The molecule has 0 aliphatic rings. The Morgan fingerprint density at radius 1 is 1.10 bits per heavy atom. The van der Waals surface area contributed by atoms with Gasteiger partial charge < -0.3 is 10.6 Å². The smallest absolute Gasteiger partial charge is 0.315 e. The number of aromatic nitrogens is 1. The summed E-state index contributed by atoms with van der Waals surface area (Å²) in [4.78, 5) is 16.2. The van der Waals surface area contributed by atoms with E-state index in [0.717, 1.165) is 11.3 Å². The van der Waals surface area contributed by atoms with E-state index < -0.39 is 5.54 Å². The molecule has 1 aromatic heterocycles. The van der Waals surface area contributed by atoms with Crippen LogP contribution in [0, 0.1) is 0 Å². The Balaban J connectivity index is 1.91. The van der Waals surface area contributed by atoms with Crippen molar-refractivity contribution in [3.63, 3.8) is 0 Å². The number of nitrogens with one attached hydrogen (secondary N) is 2. The Morgan fingerprint density at radius 3 is 2.45 bits per heavy atom. The van der Waals surface area contributed by atoms with Crippen molar-refractivity contribution in [3.05, 3.63) is 66.0 Å². The largest absolute Gasteiger partial charge is 0.334 e. The van der Waals surface area contributed by atoms with Gasteiger partial charge in [-0.3, -0.25) is 4.98 Å². The summed E-state index contributed by atoms with van der Waals surface area (Å²) in [6.07, 6.45) is 1.72. The van der Waals surface area contributed by atoms with E-state index in [1.54, 1.807) is 6.20 Å². The third kappa shape index (κ3) is 3.82. The van der Waals surface area contributed by atoms with Crippen molar-refractivity contribution < 1.29 is 4.79 Å². The lowest BCUT2D eigenvalue weighted by Gasteiger charge is -2.25. The molecule has 2 rings (SSSR count). The first kappa shape index (κ1) is 14.1. The van der Waals surface area contributed by atoms with Crippen LogP contribution in [0.5, 0.6) is 0 Å². The lowest BCUT2D eigenvalue weighted by molar-refractivity contribution is 0.229. The molecule has 0 saturated carbocycles. The summed E-state index contributed by atoms with van der Waals surface area (Å²) in [5, 5.41) is 5.78. The lowest BCUT2D eigenvalue weighted by atomic mass is 10.0. The summed E-state index contributed by atoms with van der Waals surface area (Å²) in [6, 6.07) is 15.3. The quantitative estimate of drug-likeness (QED) is 0.896. The molecule has 1 heterocycles. The lowest BCUT2D eigenvalue weighted by Crippen LogP contribution is -2.46. The second-order valence-corrected chi connectivity index (χ2v) is 5.13. The summed E-state index contributed by atoms with van der Waals surface area (Å²) in [7, 11) is 0. The Morgan fingerprint density at radius 2 is 1.80 bits per heavy atom. The van der Waals surface area contributed by atoms with Crippen molar-refractivity contribution in [3.8, 4) is 0 Å². The van der Waals surface area contributed by atoms with Crippen molar-refractivity contribution in [1.82, 2.24) is 15.6 Å². The van der Waals surface area contributed by atoms with Crippen LogP contribution >= 0.6 is 0 Å². The van der Waals surface area contributed by atoms with Gasteiger partial charge >= 0.3 is 6.03 Å². The van der Waals surface area contributed by atoms with Crippen molar-refractivity contribution in [2.24, 2.45) is 0 Å². The van der Waals surface area contributed by atoms with Gasteiger partial charge in [0.25, 0.3) is 0 Å². The maximum absolute atomic E-state index is 12.0. The van der Waals surface area contributed by atoms with Gasteiger partial charge in [-0.1, -0.05) is 36.4 Å². The highest BCUT2D eigenvalue weighted by atomic mass is 16.2. The van der Waals surface area contributed by atoms with E-state index in [-0.39, 0.29) is 6.03 Å². The first-order valence-electron chi connectivity index (χ1n) is 6.59. The zero-order valence-electron chi connectivity index (χ0n) is 11.8. The predicted octanol–water partition coefficient (Wildman–Crippen LogP) is 2.82. The van der Waals surface area contributed by atoms with Gasteiger partial charge in [-0.05, 0) is 31.5 Å². The molecule has 0 saturated heterocycles. The van der Waals surface area contributed by atoms with Crippen molar-refractivity contribution in [2.45, 2.75) is 25.9 Å². The zero-order chi connectivity index (χ0) is 14.4. The molecule has 0 radical (unpaired) electrons. The van der Waals surface area contributed by atoms with Crippen LogP contribution in [0.2, 0.25) is 0 Å². The average molecular weight is 269 g/mol. The van der Waals surface area contributed by atoms with Crippen LogP contribution < -0.4 is 10.6 Å². The van der Waals surface area contributed by atoms with Crippen LogP contribution in [0.1, 0.15) is 25.1 Å². The van der Waals surface area contributed by atoms with E-state index in [0.29, 0.717) is 6.54 Å². The molecule has 2 N–H and O–H groups in total. The Labute approximate surface area is 119 Å². The fraction of sp³-hybridized carbons (Fsp3) is 0.250. The average Bonchev–Trinajstić information content (AvgIpc) is 2.47. The maximum Gasteiger partial charge on any atom is 0.315 e. The van der Waals surface area contributed by atoms with Gasteiger partial charge in [0.2, 0.25) is 0 Å². The maximum atomic E-state index is 12.0. The monoisotopic (exact) mass is 269 g/mol. The molecule has 0 bridgehead atoms. The number of carbonyl (C=O) groups is 1. The molecule has 0 aliphatic carbocycles. The first-order chi connectivity index (χ1) is 9.58. The third-order valence-electron chi connectivity index (χ3n) is 3.03. The fourth-order valence-electron chi connectivity index (χ4n) is 1.90. The van der Waals surface area contributed by atoms with E-state index in [9.17, 15) is 4.79 Å². The van der Waals surface area contributed by atoms with Gasteiger partial charge in [0.15, 0.2) is 0 Å². The first-order valence-corrected chi connectivity index (χ1v) is 6.59. The van der Waals surface area contributed by atoms with E-state index in [1.165, 1.54) is 0 Å². The fourth-order valence-corrected chi connectivity index (χ4v) is 1.90. The summed E-state index contributed by atoms with van der Waals surface area (Å²) < 4.78 is 0. The summed E-state index contributed by atoms with van der Waals surface area (Å²) in [5.41, 5.74) is 1.38. The van der Waals surface area contributed by atoms with Crippen LogP contribution in [-0.2, 0) is 12.1 Å². The second kappa shape index (κ2) is 6.19. The SMILES string of the molecule is CC(C)(NC(=O)NCc1ccccc1)c1ccccn1. The van der Waals surface area contributed by atoms with Crippen molar-refractivity contribution in [2.75, 3.05) is 0 Å². The molecule has 1 aromatic carbocycles. The molecule has 0 unspecified atom stereocenters. The number of nitrogens with zero attached hydrogens (tertiary/aromatic N) is 1. The normalized spacial score (nSPS) is 10.9. The minimum atomic E-state index is -0.512. The molecule has 2 amide bonds. The number of benzene rings is 1. The van der Waals surface area contributed by atoms with E-state index in [1.807, 2.05) is 62.4 Å². The molecular weight excluding hydrogens is 250 g/mol. The van der Waals surface area contributed by atoms with Gasteiger partial charge in [0.05, 0.1) is 11.2 Å². The molecule has 0 aliphatic heterocycles. The van der Waals surface area contributed by atoms with E-state index >= 15 is 0 Å². The molecule has 0 fully saturated rings. The van der Waals surface area contributed by atoms with E-state index in [2.05, 4.69) is 15.6 Å². The van der Waals surface area contributed by atoms with Gasteiger partial charge in [-0.15, -0.1) is 0 Å². The summed E-state index contributed by atoms with van der Waals surface area (Å²) in [6.45, 7) is 4.36. The minimum Gasteiger partial charge on any atom is -0.334 e. The molecule has 104 valence electrons. The number of hydrogen-bond donors (Lipinski definition) is 2. The summed E-state index contributed by atoms with van der Waals surface area (Å²) in [5.74, 6) is 0. The number of rotatable bonds is 4. The minimum absolute atomic E-state index is 0.204. The van der Waals surface area contributed by atoms with Gasteiger partial charge in [-0.25, -0.2) is 4.79 Å². The molecule has 0 spiro atoms. The number of urea groups is 1. The highest BCUT2D eigenvalue weighted by molar-refractivity contribution is 5.74. The second-order valence-electron chi connectivity index (χ2n) is 5.13. The topological polar surface area (TPSA) is 54.0 Å². The standard InChI is InChI=1S/C16H19N3O/c1-16(2,14-10-6-7-11-17-14)19-15(20)18-12-13-8-4-3-5-9-13/h3-11H,12H2,1-2H3,(H2,18,19,20). The predicted molar refractivity (Wildman–Crippen MR) is 79.1 cm³/mol. The van der Waals surface area contributed by atoms with Crippen LogP contribution in [-0.4, -0.2) is 11.0 Å². The van der Waals surface area contributed by atoms with Crippen LogP contribution in [0.25, 0.3) is 0 Å². The Kier molecular flexibility index (Phi) is 4.35. The van der Waals surface area contributed by atoms with E-state index in [4.69, 9.17) is 0 Å². The molecule has 0 atom stereocenters. The molecule has 20 heavy (non-hydrogen) atoms. The molecule has 2 aromatic rings. The van der Waals surface area contributed by atoms with Crippen LogP contribution in [0.4, 0.5) is 4.79 Å². The number of amides is 2.